The highest BCUT2D eigenvalue weighted by atomic mass is 16.1. The standard InChI is InChI=1S/C29H33N5O/c1-4-26-28(34-20-22(3)7-14-27(34)31-26)29(35)30-19-23-8-12-25(13-9-23)33-17-15-32(16-18-33)24-10-5-21(2)6-11-24/h5-14,20H,4,15-19H2,1-3H3,(H,30,35). The molecule has 1 fully saturated rings. The van der Waals surface area contributed by atoms with Crippen molar-refractivity contribution in [1.29, 1.82) is 0 Å². The highest BCUT2D eigenvalue weighted by Crippen LogP contribution is 2.22. The first-order valence-electron chi connectivity index (χ1n) is 12.4. The van der Waals surface area contributed by atoms with E-state index in [-0.39, 0.29) is 5.91 Å². The predicted octanol–water partition coefficient (Wildman–Crippen LogP) is 4.77. The zero-order valence-electron chi connectivity index (χ0n) is 20.8. The van der Waals surface area contributed by atoms with Crippen molar-refractivity contribution in [2.24, 2.45) is 0 Å². The molecule has 3 heterocycles. The maximum absolute atomic E-state index is 13.1. The van der Waals surface area contributed by atoms with E-state index in [1.165, 1.54) is 16.9 Å². The van der Waals surface area contributed by atoms with E-state index in [1.807, 2.05) is 36.6 Å². The Kier molecular flexibility index (Phi) is 6.45. The number of anilines is 2. The first-order chi connectivity index (χ1) is 17.0. The van der Waals surface area contributed by atoms with Crippen molar-refractivity contribution in [2.75, 3.05) is 36.0 Å². The zero-order chi connectivity index (χ0) is 24.4. The van der Waals surface area contributed by atoms with Gasteiger partial charge in [0.1, 0.15) is 11.3 Å². The molecule has 0 radical (unpaired) electrons. The van der Waals surface area contributed by atoms with Crippen LogP contribution in [0.25, 0.3) is 5.65 Å². The second-order valence-corrected chi connectivity index (χ2v) is 9.35. The number of nitrogens with one attached hydrogen (secondary N) is 1. The van der Waals surface area contributed by atoms with Crippen LogP contribution in [0.5, 0.6) is 0 Å². The van der Waals surface area contributed by atoms with E-state index in [0.717, 1.165) is 55.1 Å². The number of fused-ring (bicyclic) bond motifs is 1. The molecule has 4 aromatic rings. The molecule has 1 amide bonds. The van der Waals surface area contributed by atoms with Gasteiger partial charge in [-0.2, -0.15) is 0 Å². The summed E-state index contributed by atoms with van der Waals surface area (Å²) in [5, 5.41) is 3.09. The Bertz CT molecular complexity index is 1320. The zero-order valence-corrected chi connectivity index (χ0v) is 20.8. The lowest BCUT2D eigenvalue weighted by Gasteiger charge is -2.37. The van der Waals surface area contributed by atoms with Gasteiger partial charge in [0.15, 0.2) is 0 Å². The average molecular weight is 468 g/mol. The molecular weight excluding hydrogens is 434 g/mol. The smallest absolute Gasteiger partial charge is 0.270 e. The summed E-state index contributed by atoms with van der Waals surface area (Å²) in [7, 11) is 0. The second kappa shape index (κ2) is 9.82. The minimum Gasteiger partial charge on any atom is -0.368 e. The summed E-state index contributed by atoms with van der Waals surface area (Å²) in [5.74, 6) is -0.0868. The first-order valence-corrected chi connectivity index (χ1v) is 12.4. The van der Waals surface area contributed by atoms with Crippen LogP contribution in [0, 0.1) is 13.8 Å². The molecule has 1 saturated heterocycles. The molecule has 6 nitrogen and oxygen atoms in total. The van der Waals surface area contributed by atoms with Crippen molar-refractivity contribution >= 4 is 22.9 Å². The Balaban J connectivity index is 1.20. The molecule has 1 aliphatic rings. The van der Waals surface area contributed by atoms with Gasteiger partial charge >= 0.3 is 0 Å². The van der Waals surface area contributed by atoms with E-state index >= 15 is 0 Å². The Morgan fingerprint density at radius 1 is 0.829 bits per heavy atom. The van der Waals surface area contributed by atoms with Gasteiger partial charge in [-0.3, -0.25) is 9.20 Å². The fourth-order valence-corrected chi connectivity index (χ4v) is 4.76. The fraction of sp³-hybridized carbons (Fsp3) is 0.310. The lowest BCUT2D eigenvalue weighted by molar-refractivity contribution is 0.0944. The van der Waals surface area contributed by atoms with Gasteiger partial charge in [0.25, 0.3) is 5.91 Å². The molecule has 0 bridgehead atoms. The molecule has 35 heavy (non-hydrogen) atoms. The molecule has 180 valence electrons. The summed E-state index contributed by atoms with van der Waals surface area (Å²) in [6.07, 6.45) is 2.69. The van der Waals surface area contributed by atoms with E-state index < -0.39 is 0 Å². The molecule has 2 aromatic heterocycles. The summed E-state index contributed by atoms with van der Waals surface area (Å²) in [6.45, 7) is 10.7. The summed E-state index contributed by atoms with van der Waals surface area (Å²) < 4.78 is 1.91. The first kappa shape index (κ1) is 23.0. The van der Waals surface area contributed by atoms with Gasteiger partial charge in [-0.1, -0.05) is 42.8 Å². The van der Waals surface area contributed by atoms with Crippen molar-refractivity contribution < 1.29 is 4.79 Å². The lowest BCUT2D eigenvalue weighted by atomic mass is 10.1. The van der Waals surface area contributed by atoms with Crippen LogP contribution in [0.1, 0.15) is 39.8 Å². The highest BCUT2D eigenvalue weighted by Gasteiger charge is 2.19. The molecule has 0 saturated carbocycles. The lowest BCUT2D eigenvalue weighted by Crippen LogP contribution is -2.46. The number of nitrogens with zero attached hydrogens (tertiary/aromatic N) is 4. The van der Waals surface area contributed by atoms with Gasteiger partial charge in [0.2, 0.25) is 0 Å². The van der Waals surface area contributed by atoms with Crippen LogP contribution in [-0.4, -0.2) is 41.5 Å². The summed E-state index contributed by atoms with van der Waals surface area (Å²) in [6, 6.07) is 21.3. The van der Waals surface area contributed by atoms with E-state index in [1.54, 1.807) is 0 Å². The van der Waals surface area contributed by atoms with Gasteiger partial charge in [0, 0.05) is 50.3 Å². The quantitative estimate of drug-likeness (QED) is 0.444. The third-order valence-electron chi connectivity index (χ3n) is 6.82. The number of benzene rings is 2. The largest absolute Gasteiger partial charge is 0.368 e. The number of aryl methyl sites for hydroxylation is 3. The molecule has 2 aromatic carbocycles. The fourth-order valence-electron chi connectivity index (χ4n) is 4.76. The summed E-state index contributed by atoms with van der Waals surface area (Å²) in [4.78, 5) is 22.6. The van der Waals surface area contributed by atoms with Gasteiger partial charge in [-0.05, 0) is 61.7 Å². The molecule has 1 aliphatic heterocycles. The number of amides is 1. The Hall–Kier alpha value is -3.80. The van der Waals surface area contributed by atoms with Gasteiger partial charge in [0.05, 0.1) is 5.69 Å². The number of imidazole rings is 1. The average Bonchev–Trinajstić information content (AvgIpc) is 3.26. The second-order valence-electron chi connectivity index (χ2n) is 9.35. The SMILES string of the molecule is CCc1nc2ccc(C)cn2c1C(=O)NCc1ccc(N2CCN(c3ccc(C)cc3)CC2)cc1. The number of aromatic nitrogens is 2. The van der Waals surface area contributed by atoms with Crippen LogP contribution in [0.4, 0.5) is 11.4 Å². The van der Waals surface area contributed by atoms with Crippen LogP contribution < -0.4 is 15.1 Å². The minimum absolute atomic E-state index is 0.0868. The molecule has 1 N–H and O–H groups in total. The predicted molar refractivity (Wildman–Crippen MR) is 143 cm³/mol. The number of carbonyl (C=O) groups excluding carboxylic acids is 1. The monoisotopic (exact) mass is 467 g/mol. The molecule has 6 heteroatoms. The summed E-state index contributed by atoms with van der Waals surface area (Å²) >= 11 is 0. The van der Waals surface area contributed by atoms with Crippen LogP contribution >= 0.6 is 0 Å². The number of hydrogen-bond donors (Lipinski definition) is 1. The van der Waals surface area contributed by atoms with Gasteiger partial charge < -0.3 is 15.1 Å². The maximum Gasteiger partial charge on any atom is 0.270 e. The van der Waals surface area contributed by atoms with Crippen LogP contribution in [-0.2, 0) is 13.0 Å². The minimum atomic E-state index is -0.0868. The molecular formula is C29H33N5O. The molecule has 0 atom stereocenters. The molecule has 0 aliphatic carbocycles. The van der Waals surface area contributed by atoms with Crippen molar-refractivity contribution in [2.45, 2.75) is 33.7 Å². The Morgan fingerprint density at radius 3 is 2.00 bits per heavy atom. The van der Waals surface area contributed by atoms with Crippen molar-refractivity contribution in [3.05, 3.63) is 94.9 Å². The van der Waals surface area contributed by atoms with E-state index in [0.29, 0.717) is 12.2 Å². The number of pyridine rings is 1. The maximum atomic E-state index is 13.1. The Labute approximate surface area is 207 Å². The van der Waals surface area contributed by atoms with Crippen molar-refractivity contribution in [3.63, 3.8) is 0 Å². The molecule has 0 spiro atoms. The van der Waals surface area contributed by atoms with E-state index in [2.05, 4.69) is 75.6 Å². The number of hydrogen-bond acceptors (Lipinski definition) is 4. The van der Waals surface area contributed by atoms with Gasteiger partial charge in [-0.25, -0.2) is 4.98 Å². The summed E-state index contributed by atoms with van der Waals surface area (Å²) in [5.41, 5.74) is 8.28. The van der Waals surface area contributed by atoms with Crippen molar-refractivity contribution in [1.82, 2.24) is 14.7 Å². The topological polar surface area (TPSA) is 52.9 Å². The molecule has 0 unspecified atom stereocenters. The van der Waals surface area contributed by atoms with Crippen LogP contribution in [0.3, 0.4) is 0 Å². The molecule has 5 rings (SSSR count). The Morgan fingerprint density at radius 2 is 1.40 bits per heavy atom. The number of piperazine rings is 1. The van der Waals surface area contributed by atoms with Gasteiger partial charge in [-0.15, -0.1) is 0 Å². The third-order valence-corrected chi connectivity index (χ3v) is 6.82. The highest BCUT2D eigenvalue weighted by molar-refractivity contribution is 5.94. The third kappa shape index (κ3) is 4.87. The van der Waals surface area contributed by atoms with E-state index in [9.17, 15) is 4.79 Å². The number of carbonyl (C=O) groups is 1. The van der Waals surface area contributed by atoms with E-state index in [4.69, 9.17) is 0 Å². The van der Waals surface area contributed by atoms with Crippen molar-refractivity contribution in [3.8, 4) is 0 Å². The van der Waals surface area contributed by atoms with Crippen LogP contribution in [0.15, 0.2) is 66.9 Å². The number of rotatable bonds is 6. The van der Waals surface area contributed by atoms with Crippen LogP contribution in [0.2, 0.25) is 0 Å². The normalized spacial score (nSPS) is 13.9.